The number of rotatable bonds is 7. The number of carbonyl (C=O) groups is 1. The summed E-state index contributed by atoms with van der Waals surface area (Å²) < 4.78 is 35.5. The second kappa shape index (κ2) is 7.90. The van der Waals surface area contributed by atoms with Crippen LogP contribution in [0.2, 0.25) is 0 Å². The van der Waals surface area contributed by atoms with Crippen molar-refractivity contribution in [2.75, 3.05) is 11.9 Å². The quantitative estimate of drug-likeness (QED) is 0.604. The molecule has 3 rings (SSSR count). The topological polar surface area (TPSA) is 101 Å². The number of hydrogen-bond donors (Lipinski definition) is 2. The van der Waals surface area contributed by atoms with Gasteiger partial charge in [-0.25, -0.2) is 13.1 Å². The van der Waals surface area contributed by atoms with E-state index in [1.54, 1.807) is 12.1 Å². The van der Waals surface area contributed by atoms with Gasteiger partial charge in [-0.05, 0) is 37.6 Å². The predicted octanol–water partition coefficient (Wildman–Crippen LogP) is 2.70. The van der Waals surface area contributed by atoms with Gasteiger partial charge in [0.25, 0.3) is 0 Å². The molecule has 2 aromatic carbocycles. The molecule has 3 aromatic rings. The summed E-state index contributed by atoms with van der Waals surface area (Å²) in [5.74, 6) is -0.154. The Morgan fingerprint density at radius 1 is 1.12 bits per heavy atom. The average Bonchev–Trinajstić information content (AvgIpc) is 3.09. The molecule has 1 heterocycles. The van der Waals surface area contributed by atoms with Crippen molar-refractivity contribution in [1.82, 2.24) is 13.5 Å². The molecule has 7 nitrogen and oxygen atoms in total. The molecule has 26 heavy (non-hydrogen) atoms. The van der Waals surface area contributed by atoms with Gasteiger partial charge in [0.05, 0.1) is 11.7 Å². The van der Waals surface area contributed by atoms with E-state index in [4.69, 9.17) is 0 Å². The van der Waals surface area contributed by atoms with Crippen molar-refractivity contribution in [3.05, 3.63) is 48.0 Å². The Morgan fingerprint density at radius 3 is 2.65 bits per heavy atom. The van der Waals surface area contributed by atoms with Gasteiger partial charge in [0.2, 0.25) is 15.9 Å². The van der Waals surface area contributed by atoms with Gasteiger partial charge in [-0.1, -0.05) is 23.8 Å². The summed E-state index contributed by atoms with van der Waals surface area (Å²) in [4.78, 5) is 12.0. The fourth-order valence-corrected chi connectivity index (χ4v) is 4.23. The highest BCUT2D eigenvalue weighted by atomic mass is 32.2. The van der Waals surface area contributed by atoms with Crippen LogP contribution in [-0.2, 0) is 14.8 Å². The third-order valence-electron chi connectivity index (χ3n) is 3.75. The highest BCUT2D eigenvalue weighted by Crippen LogP contribution is 2.20. The molecule has 0 atom stereocenters. The maximum atomic E-state index is 12.4. The van der Waals surface area contributed by atoms with Crippen LogP contribution in [0.25, 0.3) is 11.0 Å². The van der Waals surface area contributed by atoms with Gasteiger partial charge in [0, 0.05) is 18.7 Å². The normalized spacial score (nSPS) is 11.6. The summed E-state index contributed by atoms with van der Waals surface area (Å²) >= 11 is 0.972. The van der Waals surface area contributed by atoms with Crippen LogP contribution < -0.4 is 10.0 Å². The molecule has 2 N–H and O–H groups in total. The van der Waals surface area contributed by atoms with Crippen LogP contribution in [0, 0.1) is 6.92 Å². The maximum Gasteiger partial charge on any atom is 0.242 e. The number of sulfonamides is 1. The lowest BCUT2D eigenvalue weighted by atomic mass is 10.2. The number of hydrogen-bond acceptors (Lipinski definition) is 6. The number of anilines is 1. The summed E-state index contributed by atoms with van der Waals surface area (Å²) in [7, 11) is -3.70. The predicted molar refractivity (Wildman–Crippen MR) is 102 cm³/mol. The van der Waals surface area contributed by atoms with Gasteiger partial charge < -0.3 is 5.32 Å². The van der Waals surface area contributed by atoms with E-state index < -0.39 is 10.0 Å². The summed E-state index contributed by atoms with van der Waals surface area (Å²) in [6.07, 6.45) is 0.612. The zero-order chi connectivity index (χ0) is 18.6. The number of nitrogens with zero attached hydrogens (tertiary/aromatic N) is 2. The number of amides is 1. The maximum absolute atomic E-state index is 12.4. The van der Waals surface area contributed by atoms with Gasteiger partial charge in [0.15, 0.2) is 0 Å². The third kappa shape index (κ3) is 4.43. The summed E-state index contributed by atoms with van der Waals surface area (Å²) in [5, 5.41) is 2.79. The SMILES string of the molecule is Cc1ccc(NC(=O)CCCNS(=O)(=O)c2cccc3nsnc23)cc1. The Morgan fingerprint density at radius 2 is 1.88 bits per heavy atom. The zero-order valence-electron chi connectivity index (χ0n) is 14.1. The molecule has 0 saturated heterocycles. The van der Waals surface area contributed by atoms with Crippen molar-refractivity contribution in [1.29, 1.82) is 0 Å². The van der Waals surface area contributed by atoms with Gasteiger partial charge in [-0.3, -0.25) is 4.79 Å². The van der Waals surface area contributed by atoms with E-state index >= 15 is 0 Å². The molecule has 1 aromatic heterocycles. The van der Waals surface area contributed by atoms with Crippen molar-refractivity contribution >= 4 is 44.4 Å². The first-order valence-electron chi connectivity index (χ1n) is 8.03. The minimum absolute atomic E-state index is 0.104. The van der Waals surface area contributed by atoms with E-state index in [-0.39, 0.29) is 23.8 Å². The molecule has 1 amide bonds. The average molecular weight is 390 g/mol. The van der Waals surface area contributed by atoms with Crippen LogP contribution >= 0.6 is 11.7 Å². The van der Waals surface area contributed by atoms with Crippen molar-refractivity contribution in [2.45, 2.75) is 24.7 Å². The van der Waals surface area contributed by atoms with Gasteiger partial charge >= 0.3 is 0 Å². The minimum Gasteiger partial charge on any atom is -0.326 e. The molecule has 0 radical (unpaired) electrons. The van der Waals surface area contributed by atoms with Gasteiger partial charge in [-0.2, -0.15) is 8.75 Å². The first kappa shape index (κ1) is 18.4. The molecule has 9 heteroatoms. The molecular formula is C17H18N4O3S2. The van der Waals surface area contributed by atoms with Crippen molar-refractivity contribution in [2.24, 2.45) is 0 Å². The van der Waals surface area contributed by atoms with Crippen LogP contribution in [0.4, 0.5) is 5.69 Å². The van der Waals surface area contributed by atoms with E-state index in [0.717, 1.165) is 23.0 Å². The summed E-state index contributed by atoms with van der Waals surface area (Å²) in [6.45, 7) is 2.14. The fourth-order valence-electron chi connectivity index (χ4n) is 2.39. The minimum atomic E-state index is -3.70. The van der Waals surface area contributed by atoms with Gasteiger partial charge in [0.1, 0.15) is 15.9 Å². The molecule has 0 aliphatic rings. The molecule has 0 fully saturated rings. The number of carbonyl (C=O) groups excluding carboxylic acids is 1. The Balaban J connectivity index is 1.52. The Kier molecular flexibility index (Phi) is 5.60. The lowest BCUT2D eigenvalue weighted by Gasteiger charge is -2.08. The highest BCUT2D eigenvalue weighted by molar-refractivity contribution is 7.89. The zero-order valence-corrected chi connectivity index (χ0v) is 15.7. The first-order chi connectivity index (χ1) is 12.5. The Labute approximate surface area is 155 Å². The molecule has 0 aliphatic carbocycles. The lowest BCUT2D eigenvalue weighted by molar-refractivity contribution is -0.116. The summed E-state index contributed by atoms with van der Waals surface area (Å²) in [5.41, 5.74) is 2.75. The van der Waals surface area contributed by atoms with Crippen molar-refractivity contribution in [3.8, 4) is 0 Å². The van der Waals surface area contributed by atoms with Crippen LogP contribution in [0.5, 0.6) is 0 Å². The standard InChI is InChI=1S/C17H18N4O3S2/c1-12-7-9-13(10-8-12)19-16(22)6-3-11-18-26(23,24)15-5-2-4-14-17(15)21-25-20-14/h2,4-5,7-10,18H,3,6,11H2,1H3,(H,19,22). The van der Waals surface area contributed by atoms with Crippen LogP contribution in [-0.4, -0.2) is 29.6 Å². The van der Waals surface area contributed by atoms with Crippen LogP contribution in [0.1, 0.15) is 18.4 Å². The van der Waals surface area contributed by atoms with E-state index in [9.17, 15) is 13.2 Å². The van der Waals surface area contributed by atoms with E-state index in [1.165, 1.54) is 6.07 Å². The van der Waals surface area contributed by atoms with Crippen LogP contribution in [0.15, 0.2) is 47.4 Å². The fraction of sp³-hybridized carbons (Fsp3) is 0.235. The Bertz CT molecular complexity index is 1010. The molecule has 0 spiro atoms. The number of benzene rings is 2. The number of nitrogens with one attached hydrogen (secondary N) is 2. The molecule has 0 saturated carbocycles. The van der Waals surface area contributed by atoms with E-state index in [0.29, 0.717) is 17.5 Å². The molecule has 0 unspecified atom stereocenters. The van der Waals surface area contributed by atoms with Gasteiger partial charge in [-0.15, -0.1) is 0 Å². The third-order valence-corrected chi connectivity index (χ3v) is 5.78. The molecule has 0 aliphatic heterocycles. The Hall–Kier alpha value is -2.36. The summed E-state index contributed by atoms with van der Waals surface area (Å²) in [6, 6.07) is 12.3. The molecule has 136 valence electrons. The number of aromatic nitrogens is 2. The van der Waals surface area contributed by atoms with E-state index in [2.05, 4.69) is 18.8 Å². The van der Waals surface area contributed by atoms with Crippen molar-refractivity contribution in [3.63, 3.8) is 0 Å². The lowest BCUT2D eigenvalue weighted by Crippen LogP contribution is -2.26. The smallest absolute Gasteiger partial charge is 0.242 e. The monoisotopic (exact) mass is 390 g/mol. The molecular weight excluding hydrogens is 372 g/mol. The second-order valence-corrected chi connectivity index (χ2v) is 8.07. The molecule has 0 bridgehead atoms. The highest BCUT2D eigenvalue weighted by Gasteiger charge is 2.19. The second-order valence-electron chi connectivity index (χ2n) is 5.80. The number of aryl methyl sites for hydroxylation is 1. The number of fused-ring (bicyclic) bond motifs is 1. The van der Waals surface area contributed by atoms with Crippen LogP contribution in [0.3, 0.4) is 0 Å². The van der Waals surface area contributed by atoms with Crippen molar-refractivity contribution < 1.29 is 13.2 Å². The largest absolute Gasteiger partial charge is 0.326 e. The van der Waals surface area contributed by atoms with E-state index in [1.807, 2.05) is 31.2 Å². The first-order valence-corrected chi connectivity index (χ1v) is 10.2.